The number of carbonyl (C=O) groups excluding carboxylic acids is 3. The Morgan fingerprint density at radius 3 is 1.64 bits per heavy atom. The first kappa shape index (κ1) is 37.1. The van der Waals surface area contributed by atoms with Crippen molar-refractivity contribution in [3.63, 3.8) is 0 Å². The zero-order valence-corrected chi connectivity index (χ0v) is 27.7. The second-order valence-electron chi connectivity index (χ2n) is 13.3. The summed E-state index contributed by atoms with van der Waals surface area (Å²) in [6.07, 6.45) is 3.13. The highest BCUT2D eigenvalue weighted by atomic mass is 16.6. The van der Waals surface area contributed by atoms with Crippen molar-refractivity contribution >= 4 is 24.0 Å². The van der Waals surface area contributed by atoms with E-state index < -0.39 is 35.4 Å². The first-order chi connectivity index (χ1) is 21.2. The first-order valence-corrected chi connectivity index (χ1v) is 15.8. The van der Waals surface area contributed by atoms with Crippen molar-refractivity contribution in [2.24, 2.45) is 0 Å². The van der Waals surface area contributed by atoms with E-state index in [0.717, 1.165) is 43.2 Å². The van der Waals surface area contributed by atoms with Crippen LogP contribution in [0.4, 0.5) is 9.59 Å². The minimum atomic E-state index is -1.13. The number of hydrogen-bond acceptors (Lipinski definition) is 5. The molecule has 0 saturated heterocycles. The number of nitrogens with one attached hydrogen (secondary N) is 3. The van der Waals surface area contributed by atoms with Crippen LogP contribution in [0.25, 0.3) is 0 Å². The summed E-state index contributed by atoms with van der Waals surface area (Å²) in [5.74, 6) is -0.563. The van der Waals surface area contributed by atoms with Crippen LogP contribution in [0.1, 0.15) is 84.8 Å². The Balaban J connectivity index is 1.77. The van der Waals surface area contributed by atoms with Crippen molar-refractivity contribution < 1.29 is 29.0 Å². The van der Waals surface area contributed by atoms with Crippen molar-refractivity contribution in [1.29, 1.82) is 0 Å². The Morgan fingerprint density at radius 1 is 0.711 bits per heavy atom. The number of amides is 4. The van der Waals surface area contributed by atoms with E-state index in [9.17, 15) is 24.3 Å². The molecular weight excluding hydrogens is 572 g/mol. The largest absolute Gasteiger partial charge is 0.465 e. The van der Waals surface area contributed by atoms with Gasteiger partial charge in [0.15, 0.2) is 0 Å². The third-order valence-corrected chi connectivity index (χ3v) is 7.06. The van der Waals surface area contributed by atoms with Gasteiger partial charge in [0.25, 0.3) is 0 Å². The van der Waals surface area contributed by atoms with Crippen LogP contribution in [0.2, 0.25) is 0 Å². The molecule has 2 atom stereocenters. The molecule has 0 bridgehead atoms. The number of benzene rings is 2. The number of carbonyl (C=O) groups is 4. The van der Waals surface area contributed by atoms with Crippen LogP contribution >= 0.6 is 0 Å². The van der Waals surface area contributed by atoms with E-state index in [4.69, 9.17) is 4.74 Å². The Morgan fingerprint density at radius 2 is 1.18 bits per heavy atom. The minimum absolute atomic E-state index is 0.261. The number of rotatable bonds is 16. The standard InChI is InChI=1S/C35H52N4O6/c1-34(2,3)39(33(43)44)29(25-27-20-14-11-15-21-27)31(41)37-23-17-9-7-8-16-22-36-30(40)28(24-26-18-12-10-13-19-26)38-32(42)45-35(4,5)6/h10-15,18-21,28-29H,7-9,16-17,22-25H2,1-6H3,(H,36,40)(H,37,41)(H,38,42)(H,43,44)/t28-,29-/m0/s1. The van der Waals surface area contributed by atoms with E-state index in [2.05, 4.69) is 16.0 Å². The van der Waals surface area contributed by atoms with Gasteiger partial charge >= 0.3 is 12.2 Å². The van der Waals surface area contributed by atoms with Gasteiger partial charge in [-0.2, -0.15) is 0 Å². The van der Waals surface area contributed by atoms with Crippen molar-refractivity contribution in [3.05, 3.63) is 71.8 Å². The van der Waals surface area contributed by atoms with Gasteiger partial charge in [0.2, 0.25) is 11.8 Å². The Labute approximate surface area is 268 Å². The van der Waals surface area contributed by atoms with Crippen molar-refractivity contribution in [2.45, 2.75) is 110 Å². The van der Waals surface area contributed by atoms with Crippen LogP contribution < -0.4 is 16.0 Å². The van der Waals surface area contributed by atoms with E-state index in [0.29, 0.717) is 25.9 Å². The molecule has 0 saturated carbocycles. The number of nitrogens with zero attached hydrogens (tertiary/aromatic N) is 1. The lowest BCUT2D eigenvalue weighted by Crippen LogP contribution is -2.57. The highest BCUT2D eigenvalue weighted by Crippen LogP contribution is 2.21. The molecule has 2 aromatic carbocycles. The summed E-state index contributed by atoms with van der Waals surface area (Å²) in [7, 11) is 0. The molecule has 45 heavy (non-hydrogen) atoms. The summed E-state index contributed by atoms with van der Waals surface area (Å²) in [5, 5.41) is 18.5. The predicted molar refractivity (Wildman–Crippen MR) is 176 cm³/mol. The van der Waals surface area contributed by atoms with E-state index in [1.165, 1.54) is 4.90 Å². The van der Waals surface area contributed by atoms with Gasteiger partial charge in [0.1, 0.15) is 17.7 Å². The zero-order valence-electron chi connectivity index (χ0n) is 27.7. The van der Waals surface area contributed by atoms with Gasteiger partial charge in [-0.3, -0.25) is 14.5 Å². The molecule has 0 spiro atoms. The SMILES string of the molecule is CC(C)(C)OC(=O)N[C@@H](Cc1ccccc1)C(=O)NCCCCCCCNC(=O)[C@H](Cc1ccccc1)N(C(=O)O)C(C)(C)C. The van der Waals surface area contributed by atoms with Crippen molar-refractivity contribution in [3.8, 4) is 0 Å². The summed E-state index contributed by atoms with van der Waals surface area (Å²) < 4.78 is 5.35. The molecule has 0 aliphatic rings. The minimum Gasteiger partial charge on any atom is -0.465 e. The van der Waals surface area contributed by atoms with Gasteiger partial charge in [-0.15, -0.1) is 0 Å². The van der Waals surface area contributed by atoms with Crippen LogP contribution in [0.15, 0.2) is 60.7 Å². The molecule has 2 rings (SSSR count). The maximum absolute atomic E-state index is 13.2. The molecule has 4 amide bonds. The van der Waals surface area contributed by atoms with Gasteiger partial charge in [-0.05, 0) is 65.5 Å². The normalized spacial score (nSPS) is 12.8. The first-order valence-electron chi connectivity index (χ1n) is 15.8. The van der Waals surface area contributed by atoms with E-state index in [-0.39, 0.29) is 11.8 Å². The second kappa shape index (κ2) is 18.0. The average Bonchev–Trinajstić information content (AvgIpc) is 2.94. The number of unbranched alkanes of at least 4 members (excludes halogenated alkanes) is 4. The summed E-state index contributed by atoms with van der Waals surface area (Å²) in [6, 6.07) is 17.3. The molecule has 10 heteroatoms. The summed E-state index contributed by atoms with van der Waals surface area (Å²) >= 11 is 0. The fourth-order valence-corrected chi connectivity index (χ4v) is 4.98. The van der Waals surface area contributed by atoms with E-state index >= 15 is 0 Å². The highest BCUT2D eigenvalue weighted by Gasteiger charge is 2.37. The fourth-order valence-electron chi connectivity index (χ4n) is 4.98. The summed E-state index contributed by atoms with van der Waals surface area (Å²) in [4.78, 5) is 51.9. The molecule has 0 aromatic heterocycles. The smallest absolute Gasteiger partial charge is 0.408 e. The molecule has 0 heterocycles. The van der Waals surface area contributed by atoms with Crippen LogP contribution in [-0.4, -0.2) is 70.3 Å². The lowest BCUT2D eigenvalue weighted by molar-refractivity contribution is -0.127. The molecule has 0 fully saturated rings. The number of ether oxygens (including phenoxy) is 1. The lowest BCUT2D eigenvalue weighted by atomic mass is 9.98. The molecule has 0 aliphatic carbocycles. The van der Waals surface area contributed by atoms with Crippen LogP contribution in [0.5, 0.6) is 0 Å². The van der Waals surface area contributed by atoms with E-state index in [1.807, 2.05) is 60.7 Å². The van der Waals surface area contributed by atoms with Gasteiger partial charge in [-0.1, -0.05) is 79.9 Å². The maximum atomic E-state index is 13.2. The number of alkyl carbamates (subject to hydrolysis) is 1. The van der Waals surface area contributed by atoms with Crippen molar-refractivity contribution in [2.75, 3.05) is 13.1 Å². The average molecular weight is 625 g/mol. The maximum Gasteiger partial charge on any atom is 0.408 e. The van der Waals surface area contributed by atoms with Crippen LogP contribution in [0, 0.1) is 0 Å². The molecule has 0 unspecified atom stereocenters. The second-order valence-corrected chi connectivity index (χ2v) is 13.3. The number of carboxylic acid groups (broad SMARTS) is 1. The molecule has 10 nitrogen and oxygen atoms in total. The quantitative estimate of drug-likeness (QED) is 0.177. The van der Waals surface area contributed by atoms with Crippen LogP contribution in [0.3, 0.4) is 0 Å². The van der Waals surface area contributed by atoms with Gasteiger partial charge < -0.3 is 25.8 Å². The zero-order chi connectivity index (χ0) is 33.5. The number of hydrogen-bond donors (Lipinski definition) is 4. The van der Waals surface area contributed by atoms with Gasteiger partial charge in [0, 0.05) is 31.5 Å². The molecule has 4 N–H and O–H groups in total. The molecule has 248 valence electrons. The lowest BCUT2D eigenvalue weighted by Gasteiger charge is -2.39. The Bertz CT molecular complexity index is 1210. The van der Waals surface area contributed by atoms with Gasteiger partial charge in [0.05, 0.1) is 0 Å². The molecule has 2 aromatic rings. The Kier molecular flexibility index (Phi) is 14.9. The fraction of sp³-hybridized carbons (Fsp3) is 0.543. The van der Waals surface area contributed by atoms with Crippen molar-refractivity contribution in [1.82, 2.24) is 20.9 Å². The monoisotopic (exact) mass is 624 g/mol. The molecular formula is C35H52N4O6. The Hall–Kier alpha value is -4.08. The topological polar surface area (TPSA) is 137 Å². The summed E-state index contributed by atoms with van der Waals surface area (Å²) in [5.41, 5.74) is 0.412. The third kappa shape index (κ3) is 14.5. The van der Waals surface area contributed by atoms with Gasteiger partial charge in [-0.25, -0.2) is 9.59 Å². The molecule has 0 radical (unpaired) electrons. The highest BCUT2D eigenvalue weighted by molar-refractivity contribution is 5.86. The molecule has 0 aliphatic heterocycles. The predicted octanol–water partition coefficient (Wildman–Crippen LogP) is 5.70. The van der Waals surface area contributed by atoms with Crippen LogP contribution in [-0.2, 0) is 27.2 Å². The summed E-state index contributed by atoms with van der Waals surface area (Å²) in [6.45, 7) is 11.6. The van der Waals surface area contributed by atoms with E-state index in [1.54, 1.807) is 41.5 Å². The third-order valence-electron chi connectivity index (χ3n) is 7.06.